The van der Waals surface area contributed by atoms with Gasteiger partial charge in [-0.15, -0.1) is 0 Å². The lowest BCUT2D eigenvalue weighted by molar-refractivity contribution is -0.119. The molecule has 0 unspecified atom stereocenters. The van der Waals surface area contributed by atoms with Crippen molar-refractivity contribution < 1.29 is 4.79 Å². The number of hydrogen-bond acceptors (Lipinski definition) is 2. The zero-order valence-electron chi connectivity index (χ0n) is 13.4. The Bertz CT molecular complexity index is 942. The number of nitrogens with one attached hydrogen (secondary N) is 2. The first-order chi connectivity index (χ1) is 11.4. The van der Waals surface area contributed by atoms with Crippen LogP contribution >= 0.6 is 11.6 Å². The van der Waals surface area contributed by atoms with E-state index in [0.717, 1.165) is 33.9 Å². The number of halogens is 1. The number of hydrogen-bond donors (Lipinski definition) is 2. The maximum Gasteiger partial charge on any atom is 0.234 e. The van der Waals surface area contributed by atoms with Crippen LogP contribution in [-0.4, -0.2) is 15.9 Å². The van der Waals surface area contributed by atoms with Gasteiger partial charge in [-0.05, 0) is 55.8 Å². The first-order valence-corrected chi connectivity index (χ1v) is 8.11. The Hall–Kier alpha value is -2.59. The van der Waals surface area contributed by atoms with E-state index in [1.54, 1.807) is 0 Å². The quantitative estimate of drug-likeness (QED) is 0.716. The predicted molar refractivity (Wildman–Crippen MR) is 96.1 cm³/mol. The van der Waals surface area contributed by atoms with Crippen molar-refractivity contribution in [3.05, 3.63) is 59.2 Å². The van der Waals surface area contributed by atoms with Gasteiger partial charge in [0.25, 0.3) is 0 Å². The number of nitrogens with zero attached hydrogens (tertiary/aromatic N) is 1. The number of aromatic nitrogens is 2. The van der Waals surface area contributed by atoms with Crippen molar-refractivity contribution in [2.45, 2.75) is 19.3 Å². The fourth-order valence-electron chi connectivity index (χ4n) is 2.96. The number of imidazole rings is 1. The molecule has 1 aliphatic heterocycles. The second kappa shape index (κ2) is 5.21. The predicted octanol–water partition coefficient (Wildman–Crippen LogP) is 4.63. The number of carbonyl (C=O) groups excluding carboxylic acids is 1. The molecule has 1 aliphatic rings. The van der Waals surface area contributed by atoms with Crippen LogP contribution in [0.1, 0.15) is 19.4 Å². The third kappa shape index (κ3) is 2.31. The molecule has 120 valence electrons. The highest BCUT2D eigenvalue weighted by molar-refractivity contribution is 6.30. The summed E-state index contributed by atoms with van der Waals surface area (Å²) < 4.78 is 0. The Morgan fingerprint density at radius 1 is 1.04 bits per heavy atom. The number of aromatic amines is 1. The molecule has 2 N–H and O–H groups in total. The fourth-order valence-corrected chi connectivity index (χ4v) is 3.08. The topological polar surface area (TPSA) is 57.8 Å². The van der Waals surface area contributed by atoms with Gasteiger partial charge in [0.05, 0.1) is 11.1 Å². The summed E-state index contributed by atoms with van der Waals surface area (Å²) in [6.45, 7) is 3.86. The highest BCUT2D eigenvalue weighted by atomic mass is 35.5. The van der Waals surface area contributed by atoms with Gasteiger partial charge in [0.1, 0.15) is 5.82 Å². The van der Waals surface area contributed by atoms with E-state index < -0.39 is 5.41 Å². The average Bonchev–Trinajstić information content (AvgIpc) is 3.13. The number of benzene rings is 2. The van der Waals surface area contributed by atoms with Crippen LogP contribution < -0.4 is 5.32 Å². The zero-order chi connectivity index (χ0) is 16.9. The van der Waals surface area contributed by atoms with E-state index >= 15 is 0 Å². The number of rotatable bonds is 2. The third-order valence-corrected chi connectivity index (χ3v) is 4.75. The van der Waals surface area contributed by atoms with E-state index in [1.165, 1.54) is 0 Å². The van der Waals surface area contributed by atoms with Crippen molar-refractivity contribution in [1.82, 2.24) is 9.97 Å². The molecule has 4 nitrogen and oxygen atoms in total. The fraction of sp³-hybridized carbons (Fsp3) is 0.158. The smallest absolute Gasteiger partial charge is 0.234 e. The molecule has 0 saturated carbocycles. The SMILES string of the molecule is CC1(C)C(=O)Nc2ccc(-c3c[nH]c(-c4ccc(Cl)cc4)n3)cc21. The minimum atomic E-state index is -0.527. The molecule has 24 heavy (non-hydrogen) atoms. The van der Waals surface area contributed by atoms with Crippen LogP contribution in [0.5, 0.6) is 0 Å². The average molecular weight is 338 g/mol. The summed E-state index contributed by atoms with van der Waals surface area (Å²) in [5.41, 5.74) is 4.15. The monoisotopic (exact) mass is 337 g/mol. The van der Waals surface area contributed by atoms with Gasteiger partial charge in [0.2, 0.25) is 5.91 Å². The van der Waals surface area contributed by atoms with Crippen LogP contribution in [-0.2, 0) is 10.2 Å². The number of anilines is 1. The van der Waals surface area contributed by atoms with Gasteiger partial charge in [-0.1, -0.05) is 17.7 Å². The molecule has 3 aromatic rings. The van der Waals surface area contributed by atoms with Gasteiger partial charge in [0.15, 0.2) is 0 Å². The largest absolute Gasteiger partial charge is 0.344 e. The summed E-state index contributed by atoms with van der Waals surface area (Å²) in [5.74, 6) is 0.814. The normalized spacial score (nSPS) is 15.2. The van der Waals surface area contributed by atoms with Gasteiger partial charge in [-0.25, -0.2) is 4.98 Å². The van der Waals surface area contributed by atoms with Gasteiger partial charge in [-0.2, -0.15) is 0 Å². The molecule has 0 bridgehead atoms. The zero-order valence-corrected chi connectivity index (χ0v) is 14.1. The summed E-state index contributed by atoms with van der Waals surface area (Å²) in [5, 5.41) is 3.62. The molecule has 2 aromatic carbocycles. The van der Waals surface area contributed by atoms with Crippen LogP contribution in [0.15, 0.2) is 48.7 Å². The van der Waals surface area contributed by atoms with Crippen LogP contribution in [0.2, 0.25) is 5.02 Å². The molecule has 4 rings (SSSR count). The Balaban J connectivity index is 1.73. The molecule has 2 heterocycles. The van der Waals surface area contributed by atoms with E-state index in [-0.39, 0.29) is 5.91 Å². The minimum Gasteiger partial charge on any atom is -0.344 e. The second-order valence-electron chi connectivity index (χ2n) is 6.48. The molecule has 0 radical (unpaired) electrons. The molecule has 0 aliphatic carbocycles. The molecule has 0 fully saturated rings. The third-order valence-electron chi connectivity index (χ3n) is 4.50. The van der Waals surface area contributed by atoms with E-state index in [1.807, 2.05) is 62.5 Å². The Labute approximate surface area is 144 Å². The lowest BCUT2D eigenvalue weighted by Gasteiger charge is -2.15. The highest BCUT2D eigenvalue weighted by Gasteiger charge is 2.38. The molecular formula is C19H16ClN3O. The van der Waals surface area contributed by atoms with Crippen LogP contribution in [0.4, 0.5) is 5.69 Å². The Morgan fingerprint density at radius 2 is 1.75 bits per heavy atom. The van der Waals surface area contributed by atoms with Crippen molar-refractivity contribution in [2.24, 2.45) is 0 Å². The molecule has 0 spiro atoms. The van der Waals surface area contributed by atoms with Gasteiger partial charge < -0.3 is 10.3 Å². The highest BCUT2D eigenvalue weighted by Crippen LogP contribution is 2.39. The molecule has 0 atom stereocenters. The lowest BCUT2D eigenvalue weighted by Crippen LogP contribution is -2.26. The van der Waals surface area contributed by atoms with Crippen LogP contribution in [0, 0.1) is 0 Å². The standard InChI is InChI=1S/C19H16ClN3O/c1-19(2)14-9-12(5-8-15(14)23-18(19)24)16-10-21-17(22-16)11-3-6-13(20)7-4-11/h3-10H,1-2H3,(H,21,22)(H,23,24). The van der Waals surface area contributed by atoms with E-state index in [4.69, 9.17) is 11.6 Å². The number of H-pyrrole nitrogens is 1. The van der Waals surface area contributed by atoms with Gasteiger partial charge in [-0.3, -0.25) is 4.79 Å². The van der Waals surface area contributed by atoms with Crippen molar-refractivity contribution in [1.29, 1.82) is 0 Å². The maximum atomic E-state index is 12.1. The molecule has 1 aromatic heterocycles. The van der Waals surface area contributed by atoms with Crippen molar-refractivity contribution >= 4 is 23.2 Å². The van der Waals surface area contributed by atoms with Crippen molar-refractivity contribution in [2.75, 3.05) is 5.32 Å². The maximum absolute atomic E-state index is 12.1. The van der Waals surface area contributed by atoms with E-state index in [9.17, 15) is 4.79 Å². The minimum absolute atomic E-state index is 0.0264. The summed E-state index contributed by atoms with van der Waals surface area (Å²) in [6.07, 6.45) is 1.88. The first kappa shape index (κ1) is 15.0. The van der Waals surface area contributed by atoms with Crippen LogP contribution in [0.3, 0.4) is 0 Å². The van der Waals surface area contributed by atoms with E-state index in [0.29, 0.717) is 5.02 Å². The molecular weight excluding hydrogens is 322 g/mol. The first-order valence-electron chi connectivity index (χ1n) is 7.73. The van der Waals surface area contributed by atoms with Gasteiger partial charge >= 0.3 is 0 Å². The summed E-state index contributed by atoms with van der Waals surface area (Å²) in [4.78, 5) is 19.9. The van der Waals surface area contributed by atoms with Gasteiger partial charge in [0, 0.05) is 28.0 Å². The summed E-state index contributed by atoms with van der Waals surface area (Å²) >= 11 is 5.93. The second-order valence-corrected chi connectivity index (χ2v) is 6.92. The molecule has 0 saturated heterocycles. The van der Waals surface area contributed by atoms with Crippen molar-refractivity contribution in [3.63, 3.8) is 0 Å². The lowest BCUT2D eigenvalue weighted by atomic mass is 9.85. The summed E-state index contributed by atoms with van der Waals surface area (Å²) in [6, 6.07) is 13.5. The van der Waals surface area contributed by atoms with Crippen molar-refractivity contribution in [3.8, 4) is 22.6 Å². The number of amides is 1. The Kier molecular flexibility index (Phi) is 3.25. The van der Waals surface area contributed by atoms with E-state index in [2.05, 4.69) is 15.3 Å². The Morgan fingerprint density at radius 3 is 2.50 bits per heavy atom. The van der Waals surface area contributed by atoms with Crippen LogP contribution in [0.25, 0.3) is 22.6 Å². The molecule has 1 amide bonds. The number of carbonyl (C=O) groups is 1. The molecule has 5 heteroatoms. The summed E-state index contributed by atoms with van der Waals surface area (Å²) in [7, 11) is 0. The number of fused-ring (bicyclic) bond motifs is 1.